The van der Waals surface area contributed by atoms with Crippen molar-refractivity contribution in [2.45, 2.75) is 38.5 Å². The Kier molecular flexibility index (Phi) is 8.57. The number of amides is 1. The highest BCUT2D eigenvalue weighted by Crippen LogP contribution is 2.30. The molecular weight excluding hydrogens is 494 g/mol. The molecule has 0 radical (unpaired) electrons. The Hall–Kier alpha value is -3.99. The van der Waals surface area contributed by atoms with Gasteiger partial charge in [-0.1, -0.05) is 6.07 Å². The second-order valence-electron chi connectivity index (χ2n) is 8.93. The monoisotopic (exact) mass is 527 g/mol. The maximum Gasteiger partial charge on any atom is 0.332 e. The number of hydrogen-bond acceptors (Lipinski definition) is 8. The van der Waals surface area contributed by atoms with Gasteiger partial charge in [0.05, 0.1) is 52.0 Å². The van der Waals surface area contributed by atoms with Gasteiger partial charge in [-0.25, -0.2) is 4.79 Å². The highest BCUT2D eigenvalue weighted by atomic mass is 16.5. The highest BCUT2D eigenvalue weighted by molar-refractivity contribution is 5.84. The van der Waals surface area contributed by atoms with Gasteiger partial charge >= 0.3 is 5.69 Å². The summed E-state index contributed by atoms with van der Waals surface area (Å²) < 4.78 is 29.4. The Bertz CT molecular complexity index is 1420. The summed E-state index contributed by atoms with van der Waals surface area (Å²) >= 11 is 0. The molecule has 4 rings (SSSR count). The average molecular weight is 528 g/mol. The molecule has 11 heteroatoms. The van der Waals surface area contributed by atoms with E-state index in [2.05, 4.69) is 5.32 Å². The summed E-state index contributed by atoms with van der Waals surface area (Å²) in [5.74, 6) is 1.55. The maximum atomic E-state index is 13.5. The lowest BCUT2D eigenvalue weighted by Gasteiger charge is -2.18. The van der Waals surface area contributed by atoms with Crippen LogP contribution in [0.2, 0.25) is 0 Å². The van der Waals surface area contributed by atoms with Crippen molar-refractivity contribution in [3.63, 3.8) is 0 Å². The van der Waals surface area contributed by atoms with Gasteiger partial charge in [0.2, 0.25) is 5.91 Å². The molecule has 1 atom stereocenters. The third-order valence-corrected chi connectivity index (χ3v) is 6.63. The first-order valence-corrected chi connectivity index (χ1v) is 12.4. The fourth-order valence-corrected chi connectivity index (χ4v) is 4.63. The van der Waals surface area contributed by atoms with E-state index in [4.69, 9.17) is 23.7 Å². The van der Waals surface area contributed by atoms with Gasteiger partial charge < -0.3 is 29.0 Å². The first-order valence-electron chi connectivity index (χ1n) is 12.4. The van der Waals surface area contributed by atoms with Crippen molar-refractivity contribution >= 4 is 16.8 Å². The number of nitrogens with one attached hydrogen (secondary N) is 1. The van der Waals surface area contributed by atoms with Crippen molar-refractivity contribution in [1.82, 2.24) is 14.5 Å². The Morgan fingerprint density at radius 3 is 2.29 bits per heavy atom. The van der Waals surface area contributed by atoms with E-state index in [9.17, 15) is 14.4 Å². The van der Waals surface area contributed by atoms with Crippen LogP contribution in [0.4, 0.5) is 0 Å². The molecule has 3 aromatic rings. The summed E-state index contributed by atoms with van der Waals surface area (Å²) in [7, 11) is 6.06. The molecule has 1 amide bonds. The van der Waals surface area contributed by atoms with Gasteiger partial charge in [0.15, 0.2) is 23.0 Å². The molecule has 2 heterocycles. The summed E-state index contributed by atoms with van der Waals surface area (Å²) in [5.41, 5.74) is 0.190. The lowest BCUT2D eigenvalue weighted by molar-refractivity contribution is -0.121. The van der Waals surface area contributed by atoms with Gasteiger partial charge in [0.25, 0.3) is 5.56 Å². The van der Waals surface area contributed by atoms with E-state index >= 15 is 0 Å². The van der Waals surface area contributed by atoms with Crippen LogP contribution in [-0.4, -0.2) is 62.7 Å². The van der Waals surface area contributed by atoms with E-state index in [1.807, 2.05) is 12.1 Å². The molecule has 204 valence electrons. The standard InChI is InChI=1S/C27H33N3O8/c1-34-21-8-7-17(12-22(21)35-2)9-10-28-25(31)16-29-20-14-24(37-4)23(36-3)13-19(20)26(32)30(27(29)33)15-18-6-5-11-38-18/h7-8,12-14,18H,5-6,9-11,15-16H2,1-4H3,(H,28,31)/t18-/m1/s1. The fraction of sp³-hybridized carbons (Fsp3) is 0.444. The molecule has 1 saturated heterocycles. The Morgan fingerprint density at radius 2 is 1.63 bits per heavy atom. The normalized spacial score (nSPS) is 14.9. The van der Waals surface area contributed by atoms with Gasteiger partial charge in [0.1, 0.15) is 6.54 Å². The molecule has 1 aliphatic rings. The van der Waals surface area contributed by atoms with Crippen molar-refractivity contribution in [1.29, 1.82) is 0 Å². The fourth-order valence-electron chi connectivity index (χ4n) is 4.63. The van der Waals surface area contributed by atoms with Crippen LogP contribution in [-0.2, 0) is 29.0 Å². The van der Waals surface area contributed by atoms with Crippen LogP contribution in [0.15, 0.2) is 39.9 Å². The van der Waals surface area contributed by atoms with Crippen LogP contribution in [0.5, 0.6) is 23.0 Å². The number of carbonyl (C=O) groups is 1. The van der Waals surface area contributed by atoms with Gasteiger partial charge in [0, 0.05) is 19.2 Å². The number of benzene rings is 2. The zero-order chi connectivity index (χ0) is 27.2. The molecule has 38 heavy (non-hydrogen) atoms. The Balaban J connectivity index is 1.61. The number of fused-ring (bicyclic) bond motifs is 1. The summed E-state index contributed by atoms with van der Waals surface area (Å²) in [6, 6.07) is 8.63. The van der Waals surface area contributed by atoms with E-state index in [-0.39, 0.29) is 36.0 Å². The van der Waals surface area contributed by atoms with Gasteiger partial charge in [-0.15, -0.1) is 0 Å². The first-order chi connectivity index (χ1) is 18.4. The van der Waals surface area contributed by atoms with E-state index < -0.39 is 11.2 Å². The van der Waals surface area contributed by atoms with Crippen molar-refractivity contribution in [3.8, 4) is 23.0 Å². The molecule has 1 aromatic heterocycles. The zero-order valence-corrected chi connectivity index (χ0v) is 22.1. The molecule has 0 aliphatic carbocycles. The van der Waals surface area contributed by atoms with E-state index in [0.29, 0.717) is 42.6 Å². The lowest BCUT2D eigenvalue weighted by Crippen LogP contribution is -2.44. The van der Waals surface area contributed by atoms with Gasteiger partial charge in [-0.05, 0) is 43.0 Å². The molecule has 0 spiro atoms. The summed E-state index contributed by atoms with van der Waals surface area (Å²) in [6.07, 6.45) is 1.94. The molecule has 1 N–H and O–H groups in total. The topological polar surface area (TPSA) is 119 Å². The number of hydrogen-bond donors (Lipinski definition) is 1. The largest absolute Gasteiger partial charge is 0.493 e. The van der Waals surface area contributed by atoms with Crippen LogP contribution in [0.3, 0.4) is 0 Å². The van der Waals surface area contributed by atoms with Crippen LogP contribution in [0.1, 0.15) is 18.4 Å². The Labute approximate surface area is 219 Å². The average Bonchev–Trinajstić information content (AvgIpc) is 3.45. The predicted octanol–water partition coefficient (Wildman–Crippen LogP) is 1.74. The van der Waals surface area contributed by atoms with Crippen LogP contribution < -0.4 is 35.5 Å². The quantitative estimate of drug-likeness (QED) is 0.401. The summed E-state index contributed by atoms with van der Waals surface area (Å²) in [5, 5.41) is 3.11. The minimum Gasteiger partial charge on any atom is -0.493 e. The number of rotatable bonds is 11. The molecule has 0 unspecified atom stereocenters. The third-order valence-electron chi connectivity index (χ3n) is 6.63. The molecule has 1 aliphatic heterocycles. The summed E-state index contributed by atoms with van der Waals surface area (Å²) in [4.78, 5) is 39.8. The first kappa shape index (κ1) is 27.1. The lowest BCUT2D eigenvalue weighted by atomic mass is 10.1. The SMILES string of the molecule is COc1ccc(CCNC(=O)Cn2c(=O)n(C[C@H]3CCCO3)c(=O)c3cc(OC)c(OC)cc32)cc1OC. The highest BCUT2D eigenvalue weighted by Gasteiger charge is 2.23. The predicted molar refractivity (Wildman–Crippen MR) is 141 cm³/mol. The number of ether oxygens (including phenoxy) is 5. The van der Waals surface area contributed by atoms with E-state index in [0.717, 1.165) is 23.0 Å². The third kappa shape index (κ3) is 5.62. The Morgan fingerprint density at radius 1 is 0.947 bits per heavy atom. The number of aromatic nitrogens is 2. The maximum absolute atomic E-state index is 13.5. The molecule has 0 bridgehead atoms. The molecular formula is C27H33N3O8. The number of carbonyl (C=O) groups excluding carboxylic acids is 1. The van der Waals surface area contributed by atoms with E-state index in [1.165, 1.54) is 24.9 Å². The zero-order valence-electron chi connectivity index (χ0n) is 22.1. The van der Waals surface area contributed by atoms with E-state index in [1.54, 1.807) is 26.4 Å². The van der Waals surface area contributed by atoms with Crippen molar-refractivity contribution in [2.24, 2.45) is 0 Å². The van der Waals surface area contributed by atoms with Crippen molar-refractivity contribution < 1.29 is 28.5 Å². The smallest absolute Gasteiger partial charge is 0.332 e. The molecule has 0 saturated carbocycles. The van der Waals surface area contributed by atoms with Crippen LogP contribution >= 0.6 is 0 Å². The summed E-state index contributed by atoms with van der Waals surface area (Å²) in [6.45, 7) is 0.772. The van der Waals surface area contributed by atoms with Gasteiger partial charge in [-0.3, -0.25) is 18.7 Å². The second-order valence-corrected chi connectivity index (χ2v) is 8.93. The van der Waals surface area contributed by atoms with Crippen LogP contribution in [0.25, 0.3) is 10.9 Å². The minimum atomic E-state index is -0.583. The number of nitrogens with zero attached hydrogens (tertiary/aromatic N) is 2. The molecule has 11 nitrogen and oxygen atoms in total. The molecule has 1 fully saturated rings. The minimum absolute atomic E-state index is 0.114. The molecule has 2 aromatic carbocycles. The van der Waals surface area contributed by atoms with Crippen molar-refractivity contribution in [3.05, 3.63) is 56.7 Å². The van der Waals surface area contributed by atoms with Gasteiger partial charge in [-0.2, -0.15) is 0 Å². The second kappa shape index (κ2) is 12.0. The van der Waals surface area contributed by atoms with Crippen molar-refractivity contribution in [2.75, 3.05) is 41.6 Å². The van der Waals surface area contributed by atoms with Crippen LogP contribution in [0, 0.1) is 0 Å². The number of methoxy groups -OCH3 is 4.